The van der Waals surface area contributed by atoms with Crippen LogP contribution in [0, 0.1) is 11.3 Å². The molecule has 2 rings (SSSR count). The van der Waals surface area contributed by atoms with Crippen LogP contribution in [0.15, 0.2) is 54.2 Å². The molecule has 0 aliphatic heterocycles. The molecule has 1 amide bonds. The second kappa shape index (κ2) is 8.55. The summed E-state index contributed by atoms with van der Waals surface area (Å²) in [6.45, 7) is 0. The molecule has 0 fully saturated rings. The number of hydrogen-bond donors (Lipinski definition) is 3. The van der Waals surface area contributed by atoms with Crippen LogP contribution in [0.5, 0.6) is 5.75 Å². The smallest absolute Gasteiger partial charge is 0.335 e. The van der Waals surface area contributed by atoms with Crippen LogP contribution in [0.1, 0.15) is 10.4 Å². The fraction of sp³-hybridized carbons (Fsp3) is 0.0556. The molecular formula is C18H14ClN3O4. The van der Waals surface area contributed by atoms with Crippen molar-refractivity contribution in [3.63, 3.8) is 0 Å². The van der Waals surface area contributed by atoms with E-state index in [0.717, 1.165) is 0 Å². The first-order chi connectivity index (χ1) is 12.4. The quantitative estimate of drug-likeness (QED) is 0.529. The average molecular weight is 372 g/mol. The Balaban J connectivity index is 2.17. The Bertz CT molecular complexity index is 919. The number of carbonyl (C=O) groups is 2. The zero-order chi connectivity index (χ0) is 19.1. The van der Waals surface area contributed by atoms with E-state index >= 15 is 0 Å². The molecule has 26 heavy (non-hydrogen) atoms. The SMILES string of the molecule is COc1ccc(Cl)cc1N/C=C(/C#N)C(=O)Nc1cccc(C(=O)O)c1. The third-order valence-corrected chi connectivity index (χ3v) is 3.50. The van der Waals surface area contributed by atoms with Crippen molar-refractivity contribution in [1.82, 2.24) is 0 Å². The van der Waals surface area contributed by atoms with Crippen LogP contribution in [0.2, 0.25) is 5.02 Å². The number of anilines is 2. The Morgan fingerprint density at radius 3 is 2.69 bits per heavy atom. The van der Waals surface area contributed by atoms with Crippen molar-refractivity contribution in [2.24, 2.45) is 0 Å². The minimum atomic E-state index is -1.12. The lowest BCUT2D eigenvalue weighted by Gasteiger charge is -2.09. The van der Waals surface area contributed by atoms with Gasteiger partial charge in [0.1, 0.15) is 17.4 Å². The van der Waals surface area contributed by atoms with E-state index in [1.54, 1.807) is 24.3 Å². The molecule has 7 nitrogen and oxygen atoms in total. The van der Waals surface area contributed by atoms with Gasteiger partial charge in [0.05, 0.1) is 18.4 Å². The van der Waals surface area contributed by atoms with Gasteiger partial charge in [-0.25, -0.2) is 4.79 Å². The Labute approximate surface area is 154 Å². The number of nitriles is 1. The minimum absolute atomic E-state index is 0.0204. The minimum Gasteiger partial charge on any atom is -0.495 e. The third-order valence-electron chi connectivity index (χ3n) is 3.27. The molecule has 0 aliphatic rings. The van der Waals surface area contributed by atoms with Gasteiger partial charge in [-0.05, 0) is 36.4 Å². The molecule has 132 valence electrons. The van der Waals surface area contributed by atoms with E-state index in [1.807, 2.05) is 0 Å². The number of benzene rings is 2. The van der Waals surface area contributed by atoms with Gasteiger partial charge in [0, 0.05) is 16.9 Å². The van der Waals surface area contributed by atoms with Gasteiger partial charge in [0.2, 0.25) is 0 Å². The van der Waals surface area contributed by atoms with Gasteiger partial charge in [0.15, 0.2) is 0 Å². The summed E-state index contributed by atoms with van der Waals surface area (Å²) in [7, 11) is 1.48. The van der Waals surface area contributed by atoms with Crippen LogP contribution in [-0.2, 0) is 4.79 Å². The number of amides is 1. The van der Waals surface area contributed by atoms with Crippen molar-refractivity contribution in [3.05, 3.63) is 64.8 Å². The summed E-state index contributed by atoms with van der Waals surface area (Å²) >= 11 is 5.92. The molecule has 8 heteroatoms. The van der Waals surface area contributed by atoms with Gasteiger partial charge in [-0.15, -0.1) is 0 Å². The van der Waals surface area contributed by atoms with E-state index < -0.39 is 11.9 Å². The summed E-state index contributed by atoms with van der Waals surface area (Å²) in [4.78, 5) is 23.2. The van der Waals surface area contributed by atoms with Crippen molar-refractivity contribution >= 4 is 34.9 Å². The third kappa shape index (κ3) is 4.75. The number of nitrogens with one attached hydrogen (secondary N) is 2. The van der Waals surface area contributed by atoms with Gasteiger partial charge in [-0.1, -0.05) is 17.7 Å². The molecule has 0 aromatic heterocycles. The van der Waals surface area contributed by atoms with E-state index in [4.69, 9.17) is 21.4 Å². The number of ether oxygens (including phenoxy) is 1. The maximum Gasteiger partial charge on any atom is 0.335 e. The lowest BCUT2D eigenvalue weighted by molar-refractivity contribution is -0.112. The van der Waals surface area contributed by atoms with E-state index in [-0.39, 0.29) is 16.8 Å². The predicted octanol–water partition coefficient (Wildman–Crippen LogP) is 3.50. The number of methoxy groups -OCH3 is 1. The van der Waals surface area contributed by atoms with Crippen LogP contribution < -0.4 is 15.4 Å². The fourth-order valence-electron chi connectivity index (χ4n) is 2.02. The summed E-state index contributed by atoms with van der Waals surface area (Å²) in [5.74, 6) is -1.33. The van der Waals surface area contributed by atoms with Gasteiger partial charge in [0.25, 0.3) is 5.91 Å². The molecule has 2 aromatic carbocycles. The highest BCUT2D eigenvalue weighted by Gasteiger charge is 2.11. The second-order valence-electron chi connectivity index (χ2n) is 5.00. The predicted molar refractivity (Wildman–Crippen MR) is 97.4 cm³/mol. The number of halogens is 1. The maximum absolute atomic E-state index is 12.2. The highest BCUT2D eigenvalue weighted by molar-refractivity contribution is 6.31. The van der Waals surface area contributed by atoms with E-state index in [9.17, 15) is 14.9 Å². The number of carbonyl (C=O) groups excluding carboxylic acids is 1. The number of nitrogens with zero attached hydrogens (tertiary/aromatic N) is 1. The van der Waals surface area contributed by atoms with Gasteiger partial charge in [-0.3, -0.25) is 4.79 Å². The highest BCUT2D eigenvalue weighted by atomic mass is 35.5. The Hall–Kier alpha value is -3.50. The summed E-state index contributed by atoms with van der Waals surface area (Å²) in [6.07, 6.45) is 1.21. The van der Waals surface area contributed by atoms with E-state index in [2.05, 4.69) is 10.6 Å². The summed E-state index contributed by atoms with van der Waals surface area (Å²) in [6, 6.07) is 12.3. The highest BCUT2D eigenvalue weighted by Crippen LogP contribution is 2.27. The Morgan fingerprint density at radius 2 is 2.04 bits per heavy atom. The average Bonchev–Trinajstić information content (AvgIpc) is 2.62. The first-order valence-corrected chi connectivity index (χ1v) is 7.67. The standard InChI is InChI=1S/C18H14ClN3O4/c1-26-16-6-5-13(19)8-15(16)21-10-12(9-20)17(23)22-14-4-2-3-11(7-14)18(24)25/h2-8,10,21H,1H3,(H,22,23)(H,24,25)/b12-10-. The summed E-state index contributed by atoms with van der Waals surface area (Å²) < 4.78 is 5.17. The summed E-state index contributed by atoms with van der Waals surface area (Å²) in [5, 5.41) is 23.9. The topological polar surface area (TPSA) is 111 Å². The van der Waals surface area contributed by atoms with Crippen molar-refractivity contribution < 1.29 is 19.4 Å². The van der Waals surface area contributed by atoms with Crippen molar-refractivity contribution in [1.29, 1.82) is 5.26 Å². The monoisotopic (exact) mass is 371 g/mol. The Kier molecular flexibility index (Phi) is 6.20. The second-order valence-corrected chi connectivity index (χ2v) is 5.44. The molecule has 0 bridgehead atoms. The Morgan fingerprint density at radius 1 is 1.27 bits per heavy atom. The lowest BCUT2D eigenvalue weighted by atomic mass is 10.2. The first kappa shape index (κ1) is 18.8. The molecule has 0 aliphatic carbocycles. The van der Waals surface area contributed by atoms with Crippen LogP contribution in [0.4, 0.5) is 11.4 Å². The van der Waals surface area contributed by atoms with Crippen LogP contribution in [-0.4, -0.2) is 24.1 Å². The number of carboxylic acid groups (broad SMARTS) is 1. The first-order valence-electron chi connectivity index (χ1n) is 7.29. The molecule has 3 N–H and O–H groups in total. The van der Waals surface area contributed by atoms with Gasteiger partial charge in [-0.2, -0.15) is 5.26 Å². The fourth-order valence-corrected chi connectivity index (χ4v) is 2.19. The molecule has 0 saturated carbocycles. The molecule has 0 spiro atoms. The number of rotatable bonds is 6. The van der Waals surface area contributed by atoms with Crippen molar-refractivity contribution in [3.8, 4) is 11.8 Å². The zero-order valence-electron chi connectivity index (χ0n) is 13.6. The normalized spacial score (nSPS) is 10.6. The van der Waals surface area contributed by atoms with Crippen molar-refractivity contribution in [2.45, 2.75) is 0 Å². The van der Waals surface area contributed by atoms with E-state index in [0.29, 0.717) is 16.5 Å². The molecule has 2 aromatic rings. The van der Waals surface area contributed by atoms with Crippen molar-refractivity contribution in [2.75, 3.05) is 17.7 Å². The maximum atomic E-state index is 12.2. The molecule has 0 unspecified atom stereocenters. The molecule has 0 radical (unpaired) electrons. The lowest BCUT2D eigenvalue weighted by Crippen LogP contribution is -2.15. The van der Waals surface area contributed by atoms with Crippen LogP contribution in [0.3, 0.4) is 0 Å². The molecule has 0 saturated heterocycles. The molecule has 0 atom stereocenters. The van der Waals surface area contributed by atoms with Crippen LogP contribution in [0.25, 0.3) is 0 Å². The summed E-state index contributed by atoms with van der Waals surface area (Å²) in [5.41, 5.74) is 0.546. The van der Waals surface area contributed by atoms with Gasteiger partial charge >= 0.3 is 5.97 Å². The molecular weight excluding hydrogens is 358 g/mol. The van der Waals surface area contributed by atoms with E-state index in [1.165, 1.54) is 37.6 Å². The number of carboxylic acids is 1. The number of hydrogen-bond acceptors (Lipinski definition) is 5. The van der Waals surface area contributed by atoms with Gasteiger partial charge < -0.3 is 20.5 Å². The van der Waals surface area contributed by atoms with Crippen LogP contribution >= 0.6 is 11.6 Å². The zero-order valence-corrected chi connectivity index (χ0v) is 14.4. The molecule has 0 heterocycles. The number of aromatic carboxylic acids is 1. The largest absolute Gasteiger partial charge is 0.495 e.